The first kappa shape index (κ1) is 22.8. The molecule has 10 nitrogen and oxygen atoms in total. The summed E-state index contributed by atoms with van der Waals surface area (Å²) in [4.78, 5) is 15.1. The van der Waals surface area contributed by atoms with Crippen LogP contribution in [-0.4, -0.2) is 85.2 Å². The van der Waals surface area contributed by atoms with Crippen molar-refractivity contribution >= 4 is 29.0 Å². The van der Waals surface area contributed by atoms with E-state index in [1.165, 1.54) is 20.7 Å². The summed E-state index contributed by atoms with van der Waals surface area (Å²) in [7, 11) is 0. The van der Waals surface area contributed by atoms with Gasteiger partial charge in [-0.1, -0.05) is 5.21 Å². The van der Waals surface area contributed by atoms with Crippen molar-refractivity contribution in [3.05, 3.63) is 35.7 Å². The van der Waals surface area contributed by atoms with Crippen molar-refractivity contribution in [2.75, 3.05) is 37.7 Å². The molecule has 1 fully saturated rings. The number of rotatable bonds is 7. The van der Waals surface area contributed by atoms with Crippen molar-refractivity contribution in [1.29, 1.82) is 0 Å². The Bertz CT molecular complexity index is 928. The van der Waals surface area contributed by atoms with Crippen LogP contribution in [0.15, 0.2) is 18.3 Å². The molecular formula is C18H22F2N6O4S. The monoisotopic (exact) mass is 456 g/mol. The summed E-state index contributed by atoms with van der Waals surface area (Å²) in [5.41, 5.74) is 0.350. The summed E-state index contributed by atoms with van der Waals surface area (Å²) < 4.78 is 30.7. The lowest BCUT2D eigenvalue weighted by molar-refractivity contribution is -0.134. The normalized spacial score (nSPS) is 15.1. The molecule has 3 rings (SSSR count). The molecule has 1 aromatic carbocycles. The molecule has 0 bridgehead atoms. The molecule has 2 aromatic rings. The van der Waals surface area contributed by atoms with Crippen LogP contribution in [0, 0.1) is 11.6 Å². The quantitative estimate of drug-likeness (QED) is 0.422. The van der Waals surface area contributed by atoms with E-state index in [0.717, 1.165) is 12.1 Å². The maximum atomic E-state index is 14.8. The highest BCUT2D eigenvalue weighted by molar-refractivity contribution is 7.79. The fraction of sp³-hybridized carbons (Fsp3) is 0.444. The van der Waals surface area contributed by atoms with Gasteiger partial charge >= 0.3 is 0 Å². The molecule has 1 saturated heterocycles. The molecule has 0 radical (unpaired) electrons. The molecule has 0 unspecified atom stereocenters. The average Bonchev–Trinajstić information content (AvgIpc) is 3.21. The van der Waals surface area contributed by atoms with Crippen molar-refractivity contribution in [1.82, 2.24) is 25.2 Å². The van der Waals surface area contributed by atoms with E-state index < -0.39 is 29.5 Å². The highest BCUT2D eigenvalue weighted by Crippen LogP contribution is 2.27. The van der Waals surface area contributed by atoms with Gasteiger partial charge in [0.2, 0.25) is 5.91 Å². The predicted molar refractivity (Wildman–Crippen MR) is 110 cm³/mol. The molecule has 1 aromatic heterocycles. The van der Waals surface area contributed by atoms with Crippen LogP contribution in [0.5, 0.6) is 0 Å². The third-order valence-corrected chi connectivity index (χ3v) is 4.94. The van der Waals surface area contributed by atoms with Gasteiger partial charge in [0.25, 0.3) is 5.17 Å². The Morgan fingerprint density at radius 2 is 1.87 bits per heavy atom. The van der Waals surface area contributed by atoms with Crippen LogP contribution in [0.25, 0.3) is 5.69 Å². The standard InChI is InChI=1S/C18H22F2N6O4S/c19-14-5-12(26-9-11(22-23-26)8-21-18(30)31)6-15(20)17(14)25-3-1-24(2-4-25)16(29)7-13(28)10-27/h5-6,9,13,27-28H,1-4,7-8,10H2,(H2,21,30,31)/t13-/m0/s1. The second-order valence-corrected chi connectivity index (χ2v) is 7.37. The average molecular weight is 456 g/mol. The Morgan fingerprint density at radius 3 is 2.45 bits per heavy atom. The van der Waals surface area contributed by atoms with E-state index in [1.807, 2.05) is 0 Å². The molecule has 1 atom stereocenters. The van der Waals surface area contributed by atoms with Crippen LogP contribution in [0.2, 0.25) is 0 Å². The number of aromatic nitrogens is 3. The lowest BCUT2D eigenvalue weighted by Crippen LogP contribution is -2.50. The van der Waals surface area contributed by atoms with E-state index in [9.17, 15) is 18.7 Å². The van der Waals surface area contributed by atoms with Gasteiger partial charge in [-0.2, -0.15) is 0 Å². The van der Waals surface area contributed by atoms with E-state index in [-0.39, 0.29) is 56.4 Å². The van der Waals surface area contributed by atoms with Crippen LogP contribution in [0.4, 0.5) is 14.5 Å². The smallest absolute Gasteiger partial charge is 0.254 e. The van der Waals surface area contributed by atoms with E-state index in [4.69, 9.17) is 10.2 Å². The van der Waals surface area contributed by atoms with Gasteiger partial charge in [0.05, 0.1) is 37.6 Å². The number of aliphatic hydroxyl groups excluding tert-OH is 3. The number of carbonyl (C=O) groups is 1. The first-order valence-electron chi connectivity index (χ1n) is 9.47. The van der Waals surface area contributed by atoms with Crippen LogP contribution < -0.4 is 10.2 Å². The van der Waals surface area contributed by atoms with Gasteiger partial charge in [0.1, 0.15) is 11.4 Å². The zero-order valence-electron chi connectivity index (χ0n) is 16.4. The fourth-order valence-corrected chi connectivity index (χ4v) is 3.31. The summed E-state index contributed by atoms with van der Waals surface area (Å²) in [5, 5.41) is 37.0. The van der Waals surface area contributed by atoms with Gasteiger partial charge in [-0.15, -0.1) is 5.10 Å². The molecule has 168 valence electrons. The molecule has 13 heteroatoms. The Labute approximate surface area is 181 Å². The SMILES string of the molecule is O=C(C[C@H](O)CO)N1CCN(c2c(F)cc(-n3cc(CNC(O)=S)nn3)cc2F)CC1. The minimum Gasteiger partial charge on any atom is -0.487 e. The largest absolute Gasteiger partial charge is 0.487 e. The molecule has 31 heavy (non-hydrogen) atoms. The van der Waals surface area contributed by atoms with Crippen molar-refractivity contribution in [2.45, 2.75) is 19.1 Å². The minimum atomic E-state index is -1.12. The maximum absolute atomic E-state index is 14.8. The number of amides is 1. The third-order valence-electron chi connectivity index (χ3n) is 4.80. The molecule has 1 amide bonds. The Hall–Kier alpha value is -2.90. The van der Waals surface area contributed by atoms with Crippen molar-refractivity contribution in [2.24, 2.45) is 0 Å². The van der Waals surface area contributed by atoms with Crippen molar-refractivity contribution < 1.29 is 28.9 Å². The van der Waals surface area contributed by atoms with E-state index in [0.29, 0.717) is 5.69 Å². The third kappa shape index (κ3) is 5.62. The van der Waals surface area contributed by atoms with Gasteiger partial charge in [-0.25, -0.2) is 13.5 Å². The molecule has 1 aliphatic heterocycles. The Morgan fingerprint density at radius 1 is 1.23 bits per heavy atom. The van der Waals surface area contributed by atoms with Gasteiger partial charge in [0, 0.05) is 38.3 Å². The second-order valence-electron chi connectivity index (χ2n) is 6.98. The number of carbonyl (C=O) groups excluding carboxylic acids is 1. The number of piperazine rings is 1. The van der Waals surface area contributed by atoms with Crippen molar-refractivity contribution in [3.63, 3.8) is 0 Å². The zero-order valence-corrected chi connectivity index (χ0v) is 17.2. The molecular weight excluding hydrogens is 434 g/mol. The van der Waals surface area contributed by atoms with E-state index in [2.05, 4.69) is 27.8 Å². The summed E-state index contributed by atoms with van der Waals surface area (Å²) >= 11 is 4.49. The molecule has 0 spiro atoms. The van der Waals surface area contributed by atoms with Crippen LogP contribution >= 0.6 is 12.2 Å². The fourth-order valence-electron chi connectivity index (χ4n) is 3.23. The Kier molecular flexibility index (Phi) is 7.30. The number of aliphatic hydroxyl groups is 3. The number of nitrogens with zero attached hydrogens (tertiary/aromatic N) is 5. The molecule has 2 heterocycles. The summed E-state index contributed by atoms with van der Waals surface area (Å²) in [6.45, 7) is 0.514. The predicted octanol–water partition coefficient (Wildman–Crippen LogP) is -0.130. The van der Waals surface area contributed by atoms with Gasteiger partial charge in [-0.05, 0) is 12.2 Å². The maximum Gasteiger partial charge on any atom is 0.254 e. The number of nitrogens with one attached hydrogen (secondary N) is 1. The van der Waals surface area contributed by atoms with Gasteiger partial charge < -0.3 is 30.4 Å². The van der Waals surface area contributed by atoms with E-state index in [1.54, 1.807) is 0 Å². The highest BCUT2D eigenvalue weighted by Gasteiger charge is 2.26. The first-order chi connectivity index (χ1) is 14.8. The lowest BCUT2D eigenvalue weighted by atomic mass is 10.2. The molecule has 0 saturated carbocycles. The van der Waals surface area contributed by atoms with Crippen molar-refractivity contribution in [3.8, 4) is 5.69 Å². The van der Waals surface area contributed by atoms with Gasteiger partial charge in [0.15, 0.2) is 11.6 Å². The molecule has 1 aliphatic rings. The number of thiocarbonyl (C=S) groups is 1. The van der Waals surface area contributed by atoms with Crippen LogP contribution in [0.1, 0.15) is 12.1 Å². The van der Waals surface area contributed by atoms with Crippen LogP contribution in [-0.2, 0) is 11.3 Å². The number of hydrogen-bond donors (Lipinski definition) is 4. The van der Waals surface area contributed by atoms with Crippen LogP contribution in [0.3, 0.4) is 0 Å². The van der Waals surface area contributed by atoms with Gasteiger partial charge in [-0.3, -0.25) is 4.79 Å². The number of halogens is 2. The molecule has 0 aliphatic carbocycles. The second kappa shape index (κ2) is 9.94. The number of anilines is 1. The summed E-state index contributed by atoms with van der Waals surface area (Å²) in [5.74, 6) is -1.88. The first-order valence-corrected chi connectivity index (χ1v) is 9.88. The summed E-state index contributed by atoms with van der Waals surface area (Å²) in [6.07, 6.45) is 0.124. The lowest BCUT2D eigenvalue weighted by Gasteiger charge is -2.36. The Balaban J connectivity index is 1.68. The summed E-state index contributed by atoms with van der Waals surface area (Å²) in [6, 6.07) is 2.27. The number of benzene rings is 1. The number of hydrogen-bond acceptors (Lipinski definition) is 7. The van der Waals surface area contributed by atoms with E-state index >= 15 is 0 Å². The topological polar surface area (TPSA) is 127 Å². The highest BCUT2D eigenvalue weighted by atomic mass is 32.1. The zero-order chi connectivity index (χ0) is 22.5. The molecule has 4 N–H and O–H groups in total. The minimum absolute atomic E-state index is 0.108.